The molecule has 19 heavy (non-hydrogen) atoms. The van der Waals surface area contributed by atoms with Crippen molar-refractivity contribution in [2.75, 3.05) is 5.73 Å². The van der Waals surface area contributed by atoms with Gasteiger partial charge in [-0.05, 0) is 46.3 Å². The summed E-state index contributed by atoms with van der Waals surface area (Å²) in [5.74, 6) is 0.427. The highest BCUT2D eigenvalue weighted by atomic mass is 79.9. The van der Waals surface area contributed by atoms with E-state index in [1.807, 2.05) is 41.0 Å². The van der Waals surface area contributed by atoms with Gasteiger partial charge in [0.1, 0.15) is 0 Å². The number of fused-ring (bicyclic) bond motifs is 1. The van der Waals surface area contributed by atoms with Gasteiger partial charge in [-0.15, -0.1) is 0 Å². The minimum Gasteiger partial charge on any atom is -0.369 e. The highest BCUT2D eigenvalue weighted by molar-refractivity contribution is 9.11. The zero-order valence-corrected chi connectivity index (χ0v) is 13.5. The van der Waals surface area contributed by atoms with E-state index in [9.17, 15) is 0 Å². The highest BCUT2D eigenvalue weighted by Gasteiger charge is 2.13. The van der Waals surface area contributed by atoms with E-state index in [1.165, 1.54) is 0 Å². The summed E-state index contributed by atoms with van der Waals surface area (Å²) in [6, 6.07) is 11.5. The maximum atomic E-state index is 6.13. The summed E-state index contributed by atoms with van der Waals surface area (Å²) in [5, 5.41) is 0.635. The Labute approximate surface area is 131 Å². The zero-order valence-electron chi connectivity index (χ0n) is 9.57. The number of imidazole rings is 1. The molecule has 2 N–H and O–H groups in total. The Morgan fingerprint density at radius 2 is 1.95 bits per heavy atom. The fourth-order valence-electron chi connectivity index (χ4n) is 1.99. The molecule has 3 nitrogen and oxygen atoms in total. The van der Waals surface area contributed by atoms with Crippen LogP contribution < -0.4 is 5.73 Å². The van der Waals surface area contributed by atoms with E-state index in [2.05, 4.69) is 36.8 Å². The average Bonchev–Trinajstić information content (AvgIpc) is 2.68. The quantitative estimate of drug-likeness (QED) is 0.637. The zero-order chi connectivity index (χ0) is 13.6. The number of rotatable bonds is 1. The van der Waals surface area contributed by atoms with Crippen LogP contribution in [0, 0.1) is 0 Å². The second-order valence-corrected chi connectivity index (χ2v) is 6.13. The standard InChI is InChI=1S/C13H8Br2ClN3/c14-7-4-5-10-9(6-7)18-13(17)19(10)11-3-1-2-8(16)12(11)15/h1-6H,(H2,17,18). The lowest BCUT2D eigenvalue weighted by molar-refractivity contribution is 1.10. The number of nitrogen functional groups attached to an aromatic ring is 1. The predicted molar refractivity (Wildman–Crippen MR) is 85.9 cm³/mol. The van der Waals surface area contributed by atoms with Gasteiger partial charge in [0.2, 0.25) is 5.95 Å². The Morgan fingerprint density at radius 3 is 2.74 bits per heavy atom. The monoisotopic (exact) mass is 399 g/mol. The van der Waals surface area contributed by atoms with Gasteiger partial charge in [-0.25, -0.2) is 4.98 Å². The summed E-state index contributed by atoms with van der Waals surface area (Å²) in [7, 11) is 0. The van der Waals surface area contributed by atoms with Crippen LogP contribution in [0.15, 0.2) is 45.3 Å². The lowest BCUT2D eigenvalue weighted by Gasteiger charge is -2.09. The molecule has 96 valence electrons. The van der Waals surface area contributed by atoms with Crippen molar-refractivity contribution in [3.05, 3.63) is 50.4 Å². The van der Waals surface area contributed by atoms with E-state index >= 15 is 0 Å². The Hall–Kier alpha value is -1.04. The van der Waals surface area contributed by atoms with Crippen LogP contribution in [0.4, 0.5) is 5.95 Å². The molecule has 0 aliphatic carbocycles. The molecule has 3 rings (SSSR count). The third kappa shape index (κ3) is 2.16. The van der Waals surface area contributed by atoms with Crippen LogP contribution in [-0.2, 0) is 0 Å². The molecule has 6 heteroatoms. The van der Waals surface area contributed by atoms with Crippen molar-refractivity contribution < 1.29 is 0 Å². The first-order valence-electron chi connectivity index (χ1n) is 5.46. The topological polar surface area (TPSA) is 43.8 Å². The van der Waals surface area contributed by atoms with Crippen LogP contribution in [0.1, 0.15) is 0 Å². The molecule has 2 aromatic carbocycles. The van der Waals surface area contributed by atoms with Crippen molar-refractivity contribution in [3.8, 4) is 5.69 Å². The van der Waals surface area contributed by atoms with Crippen LogP contribution >= 0.6 is 43.5 Å². The molecule has 0 amide bonds. The van der Waals surface area contributed by atoms with Crippen molar-refractivity contribution in [3.63, 3.8) is 0 Å². The average molecular weight is 401 g/mol. The number of hydrogen-bond donors (Lipinski definition) is 1. The Bertz CT molecular complexity index is 783. The van der Waals surface area contributed by atoms with E-state index in [1.54, 1.807) is 0 Å². The van der Waals surface area contributed by atoms with E-state index < -0.39 is 0 Å². The van der Waals surface area contributed by atoms with Crippen LogP contribution in [0.5, 0.6) is 0 Å². The minimum atomic E-state index is 0.427. The molecule has 0 bridgehead atoms. The summed E-state index contributed by atoms with van der Waals surface area (Å²) in [6.45, 7) is 0. The largest absolute Gasteiger partial charge is 0.369 e. The molecule has 0 fully saturated rings. The van der Waals surface area contributed by atoms with Gasteiger partial charge in [0.25, 0.3) is 0 Å². The SMILES string of the molecule is Nc1nc2cc(Br)ccc2n1-c1cccc(Cl)c1Br. The van der Waals surface area contributed by atoms with Gasteiger partial charge >= 0.3 is 0 Å². The molecular formula is C13H8Br2ClN3. The normalized spacial score (nSPS) is 11.1. The lowest BCUT2D eigenvalue weighted by atomic mass is 10.3. The third-order valence-electron chi connectivity index (χ3n) is 2.81. The molecular weight excluding hydrogens is 393 g/mol. The van der Waals surface area contributed by atoms with Crippen molar-refractivity contribution in [2.45, 2.75) is 0 Å². The summed E-state index contributed by atoms with van der Waals surface area (Å²) < 4.78 is 3.64. The van der Waals surface area contributed by atoms with Crippen molar-refractivity contribution in [1.29, 1.82) is 0 Å². The molecule has 0 spiro atoms. The Balaban J connectivity index is 2.36. The van der Waals surface area contributed by atoms with Gasteiger partial charge in [0, 0.05) is 4.47 Å². The van der Waals surface area contributed by atoms with Gasteiger partial charge in [-0.3, -0.25) is 4.57 Å². The molecule has 0 aliphatic heterocycles. The molecule has 1 heterocycles. The van der Waals surface area contributed by atoms with E-state index in [4.69, 9.17) is 17.3 Å². The number of anilines is 1. The molecule has 0 aliphatic rings. The van der Waals surface area contributed by atoms with Crippen molar-refractivity contribution >= 4 is 60.4 Å². The van der Waals surface area contributed by atoms with Crippen LogP contribution in [-0.4, -0.2) is 9.55 Å². The Kier molecular flexibility index (Phi) is 3.28. The molecule has 0 saturated carbocycles. The van der Waals surface area contributed by atoms with Gasteiger partial charge < -0.3 is 5.73 Å². The predicted octanol–water partition coefficient (Wildman–Crippen LogP) is 4.79. The third-order valence-corrected chi connectivity index (χ3v) is 4.68. The summed E-state index contributed by atoms with van der Waals surface area (Å²) in [6.07, 6.45) is 0. The summed E-state index contributed by atoms with van der Waals surface area (Å²) in [5.41, 5.74) is 8.66. The van der Waals surface area contributed by atoms with Crippen LogP contribution in [0.25, 0.3) is 16.7 Å². The molecule has 0 saturated heterocycles. The molecule has 0 radical (unpaired) electrons. The summed E-state index contributed by atoms with van der Waals surface area (Å²) in [4.78, 5) is 4.37. The maximum Gasteiger partial charge on any atom is 0.205 e. The van der Waals surface area contributed by atoms with E-state index in [-0.39, 0.29) is 0 Å². The maximum absolute atomic E-state index is 6.13. The first-order valence-corrected chi connectivity index (χ1v) is 7.42. The van der Waals surface area contributed by atoms with Gasteiger partial charge in [-0.2, -0.15) is 0 Å². The number of nitrogens with two attached hydrogens (primary N) is 1. The highest BCUT2D eigenvalue weighted by Crippen LogP contribution is 2.33. The van der Waals surface area contributed by atoms with Crippen LogP contribution in [0.2, 0.25) is 5.02 Å². The number of benzene rings is 2. The first-order chi connectivity index (χ1) is 9.08. The second kappa shape index (κ2) is 4.81. The number of hydrogen-bond acceptors (Lipinski definition) is 2. The van der Waals surface area contributed by atoms with Crippen molar-refractivity contribution in [1.82, 2.24) is 9.55 Å². The van der Waals surface area contributed by atoms with Gasteiger partial charge in [-0.1, -0.05) is 33.6 Å². The van der Waals surface area contributed by atoms with E-state index in [0.717, 1.165) is 25.7 Å². The number of aromatic nitrogens is 2. The Morgan fingerprint density at radius 1 is 1.16 bits per heavy atom. The van der Waals surface area contributed by atoms with Crippen LogP contribution in [0.3, 0.4) is 0 Å². The summed E-state index contributed by atoms with van der Waals surface area (Å²) >= 11 is 13.0. The molecule has 0 atom stereocenters. The smallest absolute Gasteiger partial charge is 0.205 e. The lowest BCUT2D eigenvalue weighted by Crippen LogP contribution is -2.01. The number of nitrogens with zero attached hydrogens (tertiary/aromatic N) is 2. The second-order valence-electron chi connectivity index (χ2n) is 4.01. The number of halogens is 3. The van der Waals surface area contributed by atoms with Crippen molar-refractivity contribution in [2.24, 2.45) is 0 Å². The molecule has 3 aromatic rings. The minimum absolute atomic E-state index is 0.427. The van der Waals surface area contributed by atoms with E-state index in [0.29, 0.717) is 11.0 Å². The fourth-order valence-corrected chi connectivity index (χ4v) is 2.95. The van der Waals surface area contributed by atoms with Gasteiger partial charge in [0.15, 0.2) is 0 Å². The molecule has 1 aromatic heterocycles. The van der Waals surface area contributed by atoms with Gasteiger partial charge in [0.05, 0.1) is 26.2 Å². The molecule has 0 unspecified atom stereocenters. The fraction of sp³-hybridized carbons (Fsp3) is 0. The first kappa shape index (κ1) is 13.0.